The summed E-state index contributed by atoms with van der Waals surface area (Å²) in [5.74, 6) is 0.655. The number of aryl methyl sites for hydroxylation is 1. The van der Waals surface area contributed by atoms with Crippen LogP contribution in [0.25, 0.3) is 10.9 Å². The molecule has 2 atom stereocenters. The molecule has 2 N–H and O–H groups in total. The van der Waals surface area contributed by atoms with Crippen LogP contribution in [0, 0.1) is 12.8 Å². The molecule has 43 heavy (non-hydrogen) atoms. The number of sulfone groups is 1. The number of hydrogen-bond acceptors (Lipinski definition) is 8. The molecule has 0 radical (unpaired) electrons. The Morgan fingerprint density at radius 1 is 1.12 bits per heavy atom. The van der Waals surface area contributed by atoms with E-state index in [0.29, 0.717) is 55.4 Å². The quantitative estimate of drug-likeness (QED) is 0.346. The number of aromatic amines is 1. The third kappa shape index (κ3) is 6.12. The van der Waals surface area contributed by atoms with Gasteiger partial charge < -0.3 is 19.6 Å². The van der Waals surface area contributed by atoms with Gasteiger partial charge in [-0.15, -0.1) is 0 Å². The Kier molecular flexibility index (Phi) is 8.18. The van der Waals surface area contributed by atoms with Gasteiger partial charge in [-0.2, -0.15) is 4.31 Å². The summed E-state index contributed by atoms with van der Waals surface area (Å²) >= 11 is 0. The largest absolute Gasteiger partial charge is 0.491 e. The normalized spacial score (nSPS) is 21.8. The Balaban J connectivity index is 0.994. The Morgan fingerprint density at radius 2 is 1.86 bits per heavy atom. The van der Waals surface area contributed by atoms with Crippen LogP contribution in [0.15, 0.2) is 63.2 Å². The van der Waals surface area contributed by atoms with Crippen molar-refractivity contribution >= 4 is 30.8 Å². The zero-order valence-electron chi connectivity index (χ0n) is 24.2. The smallest absolute Gasteiger partial charge is 0.248 e. The van der Waals surface area contributed by atoms with Gasteiger partial charge in [0, 0.05) is 24.7 Å². The molecule has 12 heteroatoms. The van der Waals surface area contributed by atoms with Crippen LogP contribution in [0.5, 0.6) is 5.75 Å². The summed E-state index contributed by atoms with van der Waals surface area (Å²) in [6.45, 7) is 3.02. The minimum absolute atomic E-state index is 0.0614. The van der Waals surface area contributed by atoms with Gasteiger partial charge >= 0.3 is 0 Å². The molecular weight excluding hydrogens is 592 g/mol. The number of para-hydroxylation sites is 1. The van der Waals surface area contributed by atoms with Crippen LogP contribution in [0.1, 0.15) is 50.5 Å². The molecule has 0 unspecified atom stereocenters. The molecule has 3 heterocycles. The number of rotatable bonds is 10. The average Bonchev–Trinajstić information content (AvgIpc) is 3.79. The van der Waals surface area contributed by atoms with E-state index < -0.39 is 37.0 Å². The van der Waals surface area contributed by atoms with Crippen molar-refractivity contribution in [1.29, 1.82) is 0 Å². The minimum Gasteiger partial charge on any atom is -0.491 e. The molecule has 3 aliphatic rings. The van der Waals surface area contributed by atoms with Crippen molar-refractivity contribution in [1.82, 2.24) is 9.29 Å². The highest BCUT2D eigenvalue weighted by molar-refractivity contribution is 7.92. The zero-order chi connectivity index (χ0) is 30.4. The molecule has 3 aromatic rings. The molecule has 1 saturated carbocycles. The third-order valence-corrected chi connectivity index (χ3v) is 13.2. The first-order chi connectivity index (χ1) is 20.5. The average molecular weight is 631 g/mol. The van der Waals surface area contributed by atoms with Gasteiger partial charge in [0.15, 0.2) is 9.84 Å². The number of nitrogens with zero attached hydrogens (tertiary/aromatic N) is 1. The number of sulfonamides is 1. The van der Waals surface area contributed by atoms with Crippen LogP contribution in [-0.4, -0.2) is 74.5 Å². The molecule has 6 rings (SSSR count). The topological polar surface area (TPSA) is 143 Å². The maximum Gasteiger partial charge on any atom is 0.248 e. The Hall–Kier alpha value is -2.77. The van der Waals surface area contributed by atoms with E-state index in [1.807, 2.05) is 13.0 Å². The molecule has 10 nitrogen and oxygen atoms in total. The number of ether oxygens (including phenoxy) is 2. The molecule has 2 aliphatic heterocycles. The fourth-order valence-electron chi connectivity index (χ4n) is 6.34. The lowest BCUT2D eigenvalue weighted by atomic mass is 9.84. The van der Waals surface area contributed by atoms with Gasteiger partial charge in [-0.1, -0.05) is 18.2 Å². The first-order valence-electron chi connectivity index (χ1n) is 14.9. The number of nitrogens with one attached hydrogen (secondary N) is 1. The van der Waals surface area contributed by atoms with Crippen LogP contribution >= 0.6 is 0 Å². The van der Waals surface area contributed by atoms with E-state index in [4.69, 9.17) is 9.47 Å². The SMILES string of the molecule is Cc1cccc2c(=O)c(S(=O)(=O)N3CCC4(CC3)C[C@@H](CC[C@H](O)COc3cccc(S(=O)(=O)C5CC5)c3)CO4)c[nH]c12. The monoisotopic (exact) mass is 630 g/mol. The maximum absolute atomic E-state index is 13.4. The van der Waals surface area contributed by atoms with Gasteiger partial charge in [-0.3, -0.25) is 4.79 Å². The lowest BCUT2D eigenvalue weighted by Gasteiger charge is -2.38. The molecule has 0 bridgehead atoms. The lowest BCUT2D eigenvalue weighted by Crippen LogP contribution is -2.47. The first-order valence-corrected chi connectivity index (χ1v) is 17.9. The number of aromatic nitrogens is 1. The molecule has 1 aromatic heterocycles. The van der Waals surface area contributed by atoms with Gasteiger partial charge in [0.2, 0.25) is 15.5 Å². The molecule has 232 valence electrons. The second kappa shape index (κ2) is 11.6. The van der Waals surface area contributed by atoms with Crippen molar-refractivity contribution in [3.05, 3.63) is 64.4 Å². The van der Waals surface area contributed by atoms with Crippen LogP contribution in [0.3, 0.4) is 0 Å². The number of piperidine rings is 1. The molecule has 1 aliphatic carbocycles. The van der Waals surface area contributed by atoms with Crippen molar-refractivity contribution in [2.24, 2.45) is 5.92 Å². The van der Waals surface area contributed by atoms with Crippen molar-refractivity contribution < 1.29 is 31.4 Å². The number of benzene rings is 2. The van der Waals surface area contributed by atoms with E-state index >= 15 is 0 Å². The van der Waals surface area contributed by atoms with Crippen molar-refractivity contribution in [3.63, 3.8) is 0 Å². The second-order valence-corrected chi connectivity index (χ2v) is 16.3. The summed E-state index contributed by atoms with van der Waals surface area (Å²) in [4.78, 5) is 16.1. The molecule has 0 amide bonds. The van der Waals surface area contributed by atoms with Crippen LogP contribution in [-0.2, 0) is 24.6 Å². The fraction of sp³-hybridized carbons (Fsp3) is 0.516. The summed E-state index contributed by atoms with van der Waals surface area (Å²) in [6.07, 6.45) is 5.09. The predicted molar refractivity (Wildman–Crippen MR) is 161 cm³/mol. The molecule has 2 aromatic carbocycles. The van der Waals surface area contributed by atoms with Crippen LogP contribution in [0.2, 0.25) is 0 Å². The third-order valence-electron chi connectivity index (χ3n) is 9.07. The summed E-state index contributed by atoms with van der Waals surface area (Å²) < 4.78 is 65.2. The number of fused-ring (bicyclic) bond motifs is 1. The molecule has 2 saturated heterocycles. The highest BCUT2D eigenvalue weighted by Crippen LogP contribution is 2.41. The lowest BCUT2D eigenvalue weighted by molar-refractivity contribution is -0.0314. The standard InChI is InChI=1S/C31H38N2O8S2/c1-21-4-2-7-27-29(21)32-18-28(30(27)35)43(38,39)33-14-12-31(13-15-33)17-22(19-41-31)8-9-23(34)20-40-24-5-3-6-26(16-24)42(36,37)25-10-11-25/h2-7,16,18,22-23,25,34H,8-15,17,19-20H2,1H3,(H,32,35)/t22-,23+/m1/s1. The summed E-state index contributed by atoms with van der Waals surface area (Å²) in [5.41, 5.74) is 0.615. The van der Waals surface area contributed by atoms with Gasteiger partial charge in [-0.25, -0.2) is 16.8 Å². The minimum atomic E-state index is -3.97. The molecule has 3 fully saturated rings. The van der Waals surface area contributed by atoms with E-state index in [0.717, 1.165) is 18.4 Å². The van der Waals surface area contributed by atoms with Gasteiger partial charge in [0.05, 0.1) is 34.0 Å². The number of aliphatic hydroxyl groups is 1. The molecule has 1 spiro atoms. The first kappa shape index (κ1) is 30.3. The second-order valence-electron chi connectivity index (χ2n) is 12.2. The number of aliphatic hydroxyl groups excluding tert-OH is 1. The van der Waals surface area contributed by atoms with Gasteiger partial charge in [0.25, 0.3) is 0 Å². The van der Waals surface area contributed by atoms with Crippen molar-refractivity contribution in [2.45, 2.75) is 78.6 Å². The number of pyridine rings is 1. The highest BCUT2D eigenvalue weighted by Gasteiger charge is 2.45. The van der Waals surface area contributed by atoms with E-state index in [2.05, 4.69) is 4.98 Å². The maximum atomic E-state index is 13.4. The Morgan fingerprint density at radius 3 is 2.60 bits per heavy atom. The van der Waals surface area contributed by atoms with Crippen LogP contribution < -0.4 is 10.2 Å². The van der Waals surface area contributed by atoms with E-state index in [1.54, 1.807) is 30.3 Å². The Bertz CT molecular complexity index is 1770. The van der Waals surface area contributed by atoms with E-state index in [-0.39, 0.29) is 40.7 Å². The van der Waals surface area contributed by atoms with E-state index in [9.17, 15) is 26.7 Å². The summed E-state index contributed by atoms with van der Waals surface area (Å²) in [6, 6.07) is 11.7. The molecular formula is C31H38N2O8S2. The fourth-order valence-corrected chi connectivity index (χ4v) is 9.52. The van der Waals surface area contributed by atoms with Crippen LogP contribution in [0.4, 0.5) is 0 Å². The summed E-state index contributed by atoms with van der Waals surface area (Å²) in [7, 11) is -7.27. The van der Waals surface area contributed by atoms with Crippen molar-refractivity contribution in [2.75, 3.05) is 26.3 Å². The highest BCUT2D eigenvalue weighted by atomic mass is 32.2. The summed E-state index contributed by atoms with van der Waals surface area (Å²) in [5, 5.41) is 10.6. The Labute approximate surface area is 252 Å². The van der Waals surface area contributed by atoms with Crippen molar-refractivity contribution in [3.8, 4) is 5.75 Å². The van der Waals surface area contributed by atoms with Gasteiger partial charge in [0.1, 0.15) is 17.3 Å². The predicted octanol–water partition coefficient (Wildman–Crippen LogP) is 3.55. The number of H-pyrrole nitrogens is 1. The zero-order valence-corrected chi connectivity index (χ0v) is 25.8. The van der Waals surface area contributed by atoms with Gasteiger partial charge in [-0.05, 0) is 87.6 Å². The number of hydrogen-bond donors (Lipinski definition) is 2. The van der Waals surface area contributed by atoms with E-state index in [1.165, 1.54) is 16.6 Å².